The van der Waals surface area contributed by atoms with E-state index in [0.29, 0.717) is 42.3 Å². The lowest BCUT2D eigenvalue weighted by atomic mass is 10.1. The summed E-state index contributed by atoms with van der Waals surface area (Å²) in [6.45, 7) is 6.39. The minimum atomic E-state index is -0.225. The molecule has 1 amide bonds. The van der Waals surface area contributed by atoms with Crippen molar-refractivity contribution in [1.29, 1.82) is 0 Å². The maximum absolute atomic E-state index is 13.7. The summed E-state index contributed by atoms with van der Waals surface area (Å²) in [7, 11) is 0. The zero-order valence-corrected chi connectivity index (χ0v) is 21.2. The second-order valence-corrected chi connectivity index (χ2v) is 9.35. The standard InChI is InChI=1S/C28H32N2O4S/c1-3-5-17-30-22-14-10-9-13-21(22)25-23(28(30)32)24(34-19-18-33-4-2)26(35-25)27(31)29-16-15-20-11-7-6-8-12-20/h6-14H,3-5,15-19H2,1-2H3,(H,29,31). The Bertz CT molecular complexity index is 1340. The van der Waals surface area contributed by atoms with Crippen molar-refractivity contribution in [1.82, 2.24) is 9.88 Å². The predicted molar refractivity (Wildman–Crippen MR) is 143 cm³/mol. The first-order chi connectivity index (χ1) is 17.2. The fourth-order valence-corrected chi connectivity index (χ4v) is 5.35. The van der Waals surface area contributed by atoms with Gasteiger partial charge in [0.15, 0.2) is 5.75 Å². The maximum Gasteiger partial charge on any atom is 0.265 e. The number of benzene rings is 2. The molecule has 2 aromatic heterocycles. The van der Waals surface area contributed by atoms with E-state index in [4.69, 9.17) is 9.47 Å². The first-order valence-corrected chi connectivity index (χ1v) is 13.1. The molecule has 2 aromatic carbocycles. The molecule has 0 aliphatic rings. The number of hydrogen-bond donors (Lipinski definition) is 1. The van der Waals surface area contributed by atoms with Crippen LogP contribution in [0, 0.1) is 0 Å². The van der Waals surface area contributed by atoms with Gasteiger partial charge in [-0.3, -0.25) is 9.59 Å². The average Bonchev–Trinajstić information content (AvgIpc) is 3.27. The number of unbranched alkanes of at least 4 members (excludes halogenated alkanes) is 1. The van der Waals surface area contributed by atoms with E-state index in [9.17, 15) is 9.59 Å². The summed E-state index contributed by atoms with van der Waals surface area (Å²) in [5.41, 5.74) is 1.93. The molecule has 0 aliphatic heterocycles. The summed E-state index contributed by atoms with van der Waals surface area (Å²) in [6.07, 6.45) is 2.60. The van der Waals surface area contributed by atoms with Crippen molar-refractivity contribution in [2.75, 3.05) is 26.4 Å². The molecule has 0 atom stereocenters. The van der Waals surface area contributed by atoms with Gasteiger partial charge in [0.05, 0.1) is 16.8 Å². The molecule has 0 aliphatic carbocycles. The quantitative estimate of drug-likeness (QED) is 0.269. The van der Waals surface area contributed by atoms with E-state index in [2.05, 4.69) is 12.2 Å². The number of rotatable bonds is 12. The van der Waals surface area contributed by atoms with Crippen LogP contribution in [0.3, 0.4) is 0 Å². The highest BCUT2D eigenvalue weighted by Crippen LogP contribution is 2.39. The summed E-state index contributed by atoms with van der Waals surface area (Å²) >= 11 is 1.33. The number of amides is 1. The molecule has 35 heavy (non-hydrogen) atoms. The van der Waals surface area contributed by atoms with Crippen molar-refractivity contribution in [2.24, 2.45) is 0 Å². The number of nitrogens with one attached hydrogen (secondary N) is 1. The van der Waals surface area contributed by atoms with Crippen LogP contribution in [0.25, 0.3) is 21.0 Å². The monoisotopic (exact) mass is 492 g/mol. The number of para-hydroxylation sites is 1. The second-order valence-electron chi connectivity index (χ2n) is 8.33. The number of pyridine rings is 1. The first-order valence-electron chi connectivity index (χ1n) is 12.3. The Labute approximate surface area is 209 Å². The zero-order chi connectivity index (χ0) is 24.6. The molecule has 4 aromatic rings. The number of ether oxygens (including phenoxy) is 2. The van der Waals surface area contributed by atoms with Crippen LogP contribution in [0.4, 0.5) is 0 Å². The van der Waals surface area contributed by atoms with Crippen LogP contribution in [-0.4, -0.2) is 36.8 Å². The Morgan fingerprint density at radius 3 is 2.57 bits per heavy atom. The van der Waals surface area contributed by atoms with Crippen LogP contribution >= 0.6 is 11.3 Å². The summed E-state index contributed by atoms with van der Waals surface area (Å²) < 4.78 is 14.1. The number of fused-ring (bicyclic) bond motifs is 3. The molecular formula is C28H32N2O4S. The van der Waals surface area contributed by atoms with Crippen molar-refractivity contribution in [3.05, 3.63) is 75.4 Å². The zero-order valence-electron chi connectivity index (χ0n) is 20.3. The number of hydrogen-bond acceptors (Lipinski definition) is 5. The van der Waals surface area contributed by atoms with Crippen LogP contribution in [0.2, 0.25) is 0 Å². The van der Waals surface area contributed by atoms with Crippen LogP contribution in [0.1, 0.15) is 41.9 Å². The lowest BCUT2D eigenvalue weighted by Crippen LogP contribution is -2.26. The fraction of sp³-hybridized carbons (Fsp3) is 0.357. The highest BCUT2D eigenvalue weighted by Gasteiger charge is 2.25. The summed E-state index contributed by atoms with van der Waals surface area (Å²) in [4.78, 5) is 27.4. The minimum Gasteiger partial charge on any atom is -0.489 e. The molecule has 1 N–H and O–H groups in total. The lowest BCUT2D eigenvalue weighted by Gasteiger charge is -2.12. The topological polar surface area (TPSA) is 69.6 Å². The molecule has 184 valence electrons. The van der Waals surface area contributed by atoms with Crippen molar-refractivity contribution in [3.63, 3.8) is 0 Å². The van der Waals surface area contributed by atoms with E-state index in [1.807, 2.05) is 66.1 Å². The van der Waals surface area contributed by atoms with Gasteiger partial charge >= 0.3 is 0 Å². The SMILES string of the molecule is CCCCn1c(=O)c2c(OCCOCC)c(C(=O)NCCc3ccccc3)sc2c2ccccc21. The first kappa shape index (κ1) is 24.9. The van der Waals surface area contributed by atoms with Crippen molar-refractivity contribution in [2.45, 2.75) is 39.7 Å². The molecular weight excluding hydrogens is 460 g/mol. The molecule has 0 bridgehead atoms. The molecule has 0 unspecified atom stereocenters. The van der Waals surface area contributed by atoms with Crippen molar-refractivity contribution >= 4 is 38.2 Å². The molecule has 0 fully saturated rings. The van der Waals surface area contributed by atoms with E-state index >= 15 is 0 Å². The average molecular weight is 493 g/mol. The third kappa shape index (κ3) is 5.57. The van der Waals surface area contributed by atoms with E-state index in [0.717, 1.165) is 40.4 Å². The Hall–Kier alpha value is -3.16. The van der Waals surface area contributed by atoms with Gasteiger partial charge in [-0.25, -0.2) is 0 Å². The van der Waals surface area contributed by atoms with Crippen LogP contribution < -0.4 is 15.6 Å². The molecule has 2 heterocycles. The fourth-order valence-electron chi connectivity index (χ4n) is 4.16. The number of carbonyl (C=O) groups is 1. The Balaban J connectivity index is 1.75. The number of thiophene rings is 1. The molecule has 0 radical (unpaired) electrons. The maximum atomic E-state index is 13.7. The predicted octanol–water partition coefficient (Wildman–Crippen LogP) is 5.40. The third-order valence-electron chi connectivity index (χ3n) is 5.92. The summed E-state index contributed by atoms with van der Waals surface area (Å²) in [5, 5.41) is 4.46. The highest BCUT2D eigenvalue weighted by atomic mass is 32.1. The molecule has 4 rings (SSSR count). The molecule has 6 nitrogen and oxygen atoms in total. The summed E-state index contributed by atoms with van der Waals surface area (Å²) in [6, 6.07) is 17.9. The largest absolute Gasteiger partial charge is 0.489 e. The Morgan fingerprint density at radius 2 is 1.80 bits per heavy atom. The van der Waals surface area contributed by atoms with Crippen LogP contribution in [-0.2, 0) is 17.7 Å². The molecule has 0 saturated heterocycles. The van der Waals surface area contributed by atoms with Gasteiger partial charge in [-0.05, 0) is 31.4 Å². The molecule has 0 saturated carbocycles. The smallest absolute Gasteiger partial charge is 0.265 e. The van der Waals surface area contributed by atoms with Gasteiger partial charge in [-0.15, -0.1) is 11.3 Å². The van der Waals surface area contributed by atoms with E-state index in [1.165, 1.54) is 11.3 Å². The third-order valence-corrected chi connectivity index (χ3v) is 7.13. The van der Waals surface area contributed by atoms with Crippen molar-refractivity contribution < 1.29 is 14.3 Å². The Morgan fingerprint density at radius 1 is 1.03 bits per heavy atom. The highest BCUT2D eigenvalue weighted by molar-refractivity contribution is 7.22. The Kier molecular flexibility index (Phi) is 8.55. The van der Waals surface area contributed by atoms with Gasteiger partial charge < -0.3 is 19.4 Å². The van der Waals surface area contributed by atoms with E-state index in [-0.39, 0.29) is 18.1 Å². The normalized spacial score (nSPS) is 11.3. The summed E-state index contributed by atoms with van der Waals surface area (Å²) in [5.74, 6) is 0.139. The van der Waals surface area contributed by atoms with Crippen LogP contribution in [0.5, 0.6) is 5.75 Å². The lowest BCUT2D eigenvalue weighted by molar-refractivity contribution is 0.0943. The second kappa shape index (κ2) is 12.0. The van der Waals surface area contributed by atoms with Gasteiger partial charge in [0.25, 0.3) is 11.5 Å². The number of aromatic nitrogens is 1. The van der Waals surface area contributed by atoms with Crippen LogP contribution in [0.15, 0.2) is 59.4 Å². The van der Waals surface area contributed by atoms with Gasteiger partial charge in [0, 0.05) is 25.1 Å². The minimum absolute atomic E-state index is 0.113. The molecule has 0 spiro atoms. The van der Waals surface area contributed by atoms with Gasteiger partial charge in [0.2, 0.25) is 0 Å². The number of aryl methyl sites for hydroxylation is 1. The number of nitrogens with zero attached hydrogens (tertiary/aromatic N) is 1. The van der Waals surface area contributed by atoms with Gasteiger partial charge in [-0.1, -0.05) is 61.9 Å². The van der Waals surface area contributed by atoms with Gasteiger partial charge in [0.1, 0.15) is 16.9 Å². The number of carbonyl (C=O) groups excluding carboxylic acids is 1. The van der Waals surface area contributed by atoms with Gasteiger partial charge in [-0.2, -0.15) is 0 Å². The van der Waals surface area contributed by atoms with E-state index in [1.54, 1.807) is 0 Å². The van der Waals surface area contributed by atoms with Crippen molar-refractivity contribution in [3.8, 4) is 5.75 Å². The van der Waals surface area contributed by atoms with E-state index < -0.39 is 0 Å². The molecule has 7 heteroatoms.